The summed E-state index contributed by atoms with van der Waals surface area (Å²) < 4.78 is 0. The molecule has 0 unspecified atom stereocenters. The van der Waals surface area contributed by atoms with Crippen LogP contribution in [-0.2, 0) is 0 Å². The Morgan fingerprint density at radius 3 is 1.75 bits per heavy atom. The Balaban J connectivity index is 0. The van der Waals surface area contributed by atoms with Gasteiger partial charge in [-0.3, -0.25) is 0 Å². The molecule has 0 aliphatic carbocycles. The van der Waals surface area contributed by atoms with Crippen molar-refractivity contribution < 1.29 is 0 Å². The van der Waals surface area contributed by atoms with Crippen molar-refractivity contribution in [1.82, 2.24) is 0 Å². The maximum atomic E-state index is 4.76. The van der Waals surface area contributed by atoms with Gasteiger partial charge in [0.2, 0.25) is 0 Å². The van der Waals surface area contributed by atoms with E-state index in [9.17, 15) is 0 Å². The molecule has 0 N–H and O–H groups in total. The van der Waals surface area contributed by atoms with Crippen LogP contribution in [0.25, 0.3) is 0 Å². The second kappa shape index (κ2) is 9.61. The van der Waals surface area contributed by atoms with Gasteiger partial charge in [0.25, 0.3) is 0 Å². The summed E-state index contributed by atoms with van der Waals surface area (Å²) in [5.41, 5.74) is 1.22. The fourth-order valence-corrected chi connectivity index (χ4v) is 0. The van der Waals surface area contributed by atoms with Crippen LogP contribution in [0.15, 0.2) is 12.1 Å². The van der Waals surface area contributed by atoms with Gasteiger partial charge in [-0.1, -0.05) is 18.2 Å². The minimum atomic E-state index is 0. The Bertz CT molecular complexity index is 13.5. The van der Waals surface area contributed by atoms with Crippen LogP contribution in [-0.4, -0.2) is 17.1 Å². The quantitative estimate of drug-likeness (QED) is 0.432. The van der Waals surface area contributed by atoms with E-state index in [4.69, 9.17) is 11.6 Å². The fraction of sp³-hybridized carbons (Fsp3) is 0. The van der Waals surface area contributed by atoms with Crippen LogP contribution in [0.5, 0.6) is 0 Å². The standard InChI is InChI=1S/C2H3Cl.H2Se/c1-2-3;/h2H,1H2;1H2. The molecule has 0 fully saturated rings. The molecule has 0 saturated carbocycles. The molecule has 0 atom stereocenters. The molecule has 26 valence electrons. The van der Waals surface area contributed by atoms with Crippen molar-refractivity contribution >= 4 is 28.7 Å². The summed E-state index contributed by atoms with van der Waals surface area (Å²) in [4.78, 5) is 0. The molecule has 0 saturated heterocycles. The maximum absolute atomic E-state index is 4.76. The molecular formula is C2H5ClSe. The van der Waals surface area contributed by atoms with E-state index in [1.165, 1.54) is 5.54 Å². The zero-order chi connectivity index (χ0) is 2.71. The summed E-state index contributed by atoms with van der Waals surface area (Å²) in [5, 5.41) is 0. The molecule has 0 nitrogen and oxygen atoms in total. The summed E-state index contributed by atoms with van der Waals surface area (Å²) in [7, 11) is 0. The van der Waals surface area contributed by atoms with Gasteiger partial charge in [0, 0.05) is 0 Å². The Labute approximate surface area is 41.3 Å². The first kappa shape index (κ1) is 8.82. The predicted molar refractivity (Wildman–Crippen MR) is 24.6 cm³/mol. The second-order valence-electron chi connectivity index (χ2n) is 0.154. The monoisotopic (exact) mass is 144 g/mol. The van der Waals surface area contributed by atoms with Gasteiger partial charge in [0.15, 0.2) is 0 Å². The van der Waals surface area contributed by atoms with Crippen LogP contribution < -0.4 is 0 Å². The third-order valence-electron chi connectivity index (χ3n) is 0. The molecule has 0 radical (unpaired) electrons. The normalized spacial score (nSPS) is 3.25. The third kappa shape index (κ3) is 20.3. The first-order valence-electron chi connectivity index (χ1n) is 0.626. The number of hydrogen-bond donors (Lipinski definition) is 0. The van der Waals surface area contributed by atoms with E-state index in [2.05, 4.69) is 6.58 Å². The molecule has 0 amide bonds. The van der Waals surface area contributed by atoms with Crippen LogP contribution in [0.3, 0.4) is 0 Å². The van der Waals surface area contributed by atoms with Crippen molar-refractivity contribution in [1.29, 1.82) is 0 Å². The van der Waals surface area contributed by atoms with E-state index >= 15 is 0 Å². The van der Waals surface area contributed by atoms with Crippen LogP contribution in [0, 0.1) is 0 Å². The van der Waals surface area contributed by atoms with Crippen LogP contribution >= 0.6 is 11.6 Å². The Morgan fingerprint density at radius 1 is 1.75 bits per heavy atom. The molecule has 0 spiro atoms. The van der Waals surface area contributed by atoms with Gasteiger partial charge in [-0.05, 0) is 5.54 Å². The van der Waals surface area contributed by atoms with Crippen molar-refractivity contribution in [2.75, 3.05) is 0 Å². The van der Waals surface area contributed by atoms with E-state index in [-0.39, 0.29) is 17.1 Å². The Kier molecular flexibility index (Phi) is 21.2. The summed E-state index contributed by atoms with van der Waals surface area (Å²) in [6, 6.07) is 0. The molecule has 0 heterocycles. The molecule has 0 aromatic heterocycles. The topological polar surface area (TPSA) is 0 Å². The second-order valence-corrected chi connectivity index (χ2v) is 0.463. The van der Waals surface area contributed by atoms with Gasteiger partial charge in [-0.25, -0.2) is 0 Å². The van der Waals surface area contributed by atoms with Crippen molar-refractivity contribution in [2.24, 2.45) is 0 Å². The van der Waals surface area contributed by atoms with E-state index in [1.807, 2.05) is 0 Å². The van der Waals surface area contributed by atoms with Crippen molar-refractivity contribution in [2.45, 2.75) is 0 Å². The molecule has 0 aliphatic heterocycles. The summed E-state index contributed by atoms with van der Waals surface area (Å²) in [5.74, 6) is 0. The van der Waals surface area contributed by atoms with Gasteiger partial charge < -0.3 is 0 Å². The van der Waals surface area contributed by atoms with Crippen molar-refractivity contribution in [3.63, 3.8) is 0 Å². The van der Waals surface area contributed by atoms with Crippen LogP contribution in [0.1, 0.15) is 0 Å². The Hall–Kier alpha value is 0.549. The molecule has 0 rings (SSSR count). The van der Waals surface area contributed by atoms with Gasteiger partial charge in [0.05, 0.1) is 0 Å². The average Bonchev–Trinajstić information content (AvgIpc) is 0.918. The van der Waals surface area contributed by atoms with E-state index in [1.54, 1.807) is 0 Å². The average molecular weight is 143 g/mol. The minimum absolute atomic E-state index is 0. The molecule has 0 aromatic carbocycles. The number of halogens is 1. The van der Waals surface area contributed by atoms with Crippen molar-refractivity contribution in [3.05, 3.63) is 12.1 Å². The van der Waals surface area contributed by atoms with Gasteiger partial charge in [-0.2, -0.15) is 0 Å². The molecule has 0 aliphatic rings. The zero-order valence-corrected chi connectivity index (χ0v) is 5.02. The van der Waals surface area contributed by atoms with Crippen molar-refractivity contribution in [3.8, 4) is 0 Å². The molecule has 4 heavy (non-hydrogen) atoms. The Morgan fingerprint density at radius 2 is 1.75 bits per heavy atom. The predicted octanol–water partition coefficient (Wildman–Crippen LogP) is 0.452. The first-order valence-corrected chi connectivity index (χ1v) is 1.06. The van der Waals surface area contributed by atoms with Gasteiger partial charge >= 0.3 is 17.1 Å². The zero-order valence-electron chi connectivity index (χ0n) is 2.16. The van der Waals surface area contributed by atoms with E-state index in [0.717, 1.165) is 0 Å². The van der Waals surface area contributed by atoms with Gasteiger partial charge in [-0.15, -0.1) is 0 Å². The molecule has 2 heteroatoms. The molecule has 0 aromatic rings. The first-order chi connectivity index (χ1) is 1.41. The summed E-state index contributed by atoms with van der Waals surface area (Å²) in [6.45, 7) is 3.13. The summed E-state index contributed by atoms with van der Waals surface area (Å²) in [6.07, 6.45) is 0. The third-order valence-corrected chi connectivity index (χ3v) is 0. The van der Waals surface area contributed by atoms with E-state index < -0.39 is 0 Å². The van der Waals surface area contributed by atoms with E-state index in [0.29, 0.717) is 0 Å². The molecular weight excluding hydrogens is 138 g/mol. The van der Waals surface area contributed by atoms with Crippen LogP contribution in [0.4, 0.5) is 0 Å². The molecule has 0 bridgehead atoms. The number of rotatable bonds is 0. The van der Waals surface area contributed by atoms with Crippen LogP contribution in [0.2, 0.25) is 0 Å². The van der Waals surface area contributed by atoms with Gasteiger partial charge in [0.1, 0.15) is 0 Å². The fourth-order valence-electron chi connectivity index (χ4n) is 0. The SMILES string of the molecule is C=CCl.[SeH2]. The summed E-state index contributed by atoms with van der Waals surface area (Å²) >= 11 is 4.76. The number of hydrogen-bond acceptors (Lipinski definition) is 0.